The number of likely N-dealkylation sites (N-methyl/N-ethyl adjacent to an activating group) is 1. The average Bonchev–Trinajstić information content (AvgIpc) is 3.13. The first-order chi connectivity index (χ1) is 8.24. The predicted octanol–water partition coefficient (Wildman–Crippen LogP) is 0.969. The zero-order chi connectivity index (χ0) is 12.5. The summed E-state index contributed by atoms with van der Waals surface area (Å²) in [6, 6.07) is 0.538. The van der Waals surface area contributed by atoms with Crippen LogP contribution in [0.5, 0.6) is 0 Å². The van der Waals surface area contributed by atoms with Crippen molar-refractivity contribution in [3.63, 3.8) is 0 Å². The molecule has 1 fully saturated rings. The summed E-state index contributed by atoms with van der Waals surface area (Å²) in [6.07, 6.45) is 2.74. The second-order valence-corrected chi connectivity index (χ2v) is 5.04. The van der Waals surface area contributed by atoms with Crippen molar-refractivity contribution in [3.8, 4) is 0 Å². The van der Waals surface area contributed by atoms with Gasteiger partial charge in [0, 0.05) is 39.4 Å². The number of hydrogen-bond donors (Lipinski definition) is 1. The fraction of sp³-hybridized carbons (Fsp3) is 1.00. The Bertz CT molecular complexity index is 186. The van der Waals surface area contributed by atoms with Gasteiger partial charge in [0.15, 0.2) is 0 Å². The van der Waals surface area contributed by atoms with Gasteiger partial charge in [-0.1, -0.05) is 0 Å². The van der Waals surface area contributed by atoms with Gasteiger partial charge in [0.05, 0.1) is 13.2 Å². The van der Waals surface area contributed by atoms with Gasteiger partial charge in [-0.05, 0) is 32.7 Å². The third-order valence-electron chi connectivity index (χ3n) is 3.31. The quantitative estimate of drug-likeness (QED) is 0.549. The van der Waals surface area contributed by atoms with Crippen molar-refractivity contribution in [3.05, 3.63) is 0 Å². The monoisotopic (exact) mass is 244 g/mol. The fourth-order valence-corrected chi connectivity index (χ4v) is 1.60. The lowest BCUT2D eigenvalue weighted by molar-refractivity contribution is 0.0930. The van der Waals surface area contributed by atoms with Crippen LogP contribution in [-0.2, 0) is 9.47 Å². The second-order valence-electron chi connectivity index (χ2n) is 5.04. The van der Waals surface area contributed by atoms with Crippen LogP contribution in [0.25, 0.3) is 0 Å². The maximum atomic E-state index is 5.64. The normalized spacial score (nSPS) is 17.6. The highest BCUT2D eigenvalue weighted by molar-refractivity contribution is 4.72. The molecule has 0 aromatic heterocycles. The molecule has 0 heterocycles. The maximum absolute atomic E-state index is 5.64. The van der Waals surface area contributed by atoms with Gasteiger partial charge in [-0.2, -0.15) is 0 Å². The Morgan fingerprint density at radius 3 is 2.76 bits per heavy atom. The molecule has 0 aromatic carbocycles. The first kappa shape index (κ1) is 14.9. The van der Waals surface area contributed by atoms with Gasteiger partial charge in [0.2, 0.25) is 0 Å². The lowest BCUT2D eigenvalue weighted by Gasteiger charge is -2.24. The van der Waals surface area contributed by atoms with Crippen molar-refractivity contribution in [1.82, 2.24) is 10.2 Å². The minimum atomic E-state index is 0.538. The maximum Gasteiger partial charge on any atom is 0.0593 e. The van der Waals surface area contributed by atoms with Gasteiger partial charge >= 0.3 is 0 Å². The number of nitrogens with zero attached hydrogens (tertiary/aromatic N) is 1. The van der Waals surface area contributed by atoms with E-state index in [1.165, 1.54) is 12.8 Å². The summed E-state index contributed by atoms with van der Waals surface area (Å²) in [7, 11) is 3.89. The van der Waals surface area contributed by atoms with E-state index < -0.39 is 0 Å². The third kappa shape index (κ3) is 7.71. The summed E-state index contributed by atoms with van der Waals surface area (Å²) >= 11 is 0. The Morgan fingerprint density at radius 1 is 1.35 bits per heavy atom. The van der Waals surface area contributed by atoms with Gasteiger partial charge < -0.3 is 19.7 Å². The second kappa shape index (κ2) is 8.86. The molecule has 1 atom stereocenters. The number of hydrogen-bond acceptors (Lipinski definition) is 4. The van der Waals surface area contributed by atoms with E-state index in [-0.39, 0.29) is 0 Å². The fourth-order valence-electron chi connectivity index (χ4n) is 1.60. The molecular formula is C13H28N2O2. The van der Waals surface area contributed by atoms with Crippen LogP contribution >= 0.6 is 0 Å². The standard InChI is InChI=1S/C13H28N2O2/c1-12(10-14-6-8-16-3)15(2)7-9-17-11-13-4-5-13/h12-14H,4-11H2,1-3H3. The molecule has 1 saturated carbocycles. The lowest BCUT2D eigenvalue weighted by atomic mass is 10.3. The van der Waals surface area contributed by atoms with Crippen LogP contribution in [0, 0.1) is 5.92 Å². The van der Waals surface area contributed by atoms with Crippen molar-refractivity contribution >= 4 is 0 Å². The van der Waals surface area contributed by atoms with Gasteiger partial charge in [0.25, 0.3) is 0 Å². The van der Waals surface area contributed by atoms with Gasteiger partial charge in [-0.25, -0.2) is 0 Å². The summed E-state index contributed by atoms with van der Waals surface area (Å²) in [6.45, 7) is 7.78. The SMILES string of the molecule is COCCNCC(C)N(C)CCOCC1CC1. The van der Waals surface area contributed by atoms with Gasteiger partial charge in [-0.3, -0.25) is 0 Å². The van der Waals surface area contributed by atoms with Crippen LogP contribution in [0.3, 0.4) is 0 Å². The first-order valence-electron chi connectivity index (χ1n) is 6.71. The van der Waals surface area contributed by atoms with Crippen molar-refractivity contribution in [2.24, 2.45) is 5.92 Å². The van der Waals surface area contributed by atoms with Crippen LogP contribution < -0.4 is 5.32 Å². The highest BCUT2D eigenvalue weighted by Crippen LogP contribution is 2.28. The molecule has 0 aromatic rings. The summed E-state index contributed by atoms with van der Waals surface area (Å²) < 4.78 is 10.6. The van der Waals surface area contributed by atoms with Gasteiger partial charge in [0.1, 0.15) is 0 Å². The molecule has 0 spiro atoms. The number of nitrogens with one attached hydrogen (secondary N) is 1. The summed E-state index contributed by atoms with van der Waals surface area (Å²) in [5.41, 5.74) is 0. The van der Waals surface area contributed by atoms with Crippen molar-refractivity contribution in [1.29, 1.82) is 0 Å². The Labute approximate surface area is 106 Å². The van der Waals surface area contributed by atoms with E-state index in [9.17, 15) is 0 Å². The third-order valence-corrected chi connectivity index (χ3v) is 3.31. The smallest absolute Gasteiger partial charge is 0.0593 e. The molecule has 0 radical (unpaired) electrons. The molecule has 4 heteroatoms. The molecule has 102 valence electrons. The Kier molecular flexibility index (Phi) is 7.77. The van der Waals surface area contributed by atoms with E-state index >= 15 is 0 Å². The van der Waals surface area contributed by atoms with Crippen molar-refractivity contribution in [2.45, 2.75) is 25.8 Å². The van der Waals surface area contributed by atoms with E-state index in [1.807, 2.05) is 0 Å². The lowest BCUT2D eigenvalue weighted by Crippen LogP contribution is -2.40. The van der Waals surface area contributed by atoms with E-state index in [2.05, 4.69) is 24.2 Å². The van der Waals surface area contributed by atoms with Crippen LogP contribution in [0.15, 0.2) is 0 Å². The minimum absolute atomic E-state index is 0.538. The largest absolute Gasteiger partial charge is 0.383 e. The molecule has 1 unspecified atom stereocenters. The van der Waals surface area contributed by atoms with Crippen LogP contribution in [-0.4, -0.2) is 64.6 Å². The number of methoxy groups -OCH3 is 1. The number of ether oxygens (including phenoxy) is 2. The van der Waals surface area contributed by atoms with Crippen LogP contribution in [0.4, 0.5) is 0 Å². The van der Waals surface area contributed by atoms with Crippen LogP contribution in [0.2, 0.25) is 0 Å². The molecule has 4 nitrogen and oxygen atoms in total. The predicted molar refractivity (Wildman–Crippen MR) is 70.4 cm³/mol. The average molecular weight is 244 g/mol. The summed E-state index contributed by atoms with van der Waals surface area (Å²) in [5, 5.41) is 3.38. The van der Waals surface area contributed by atoms with E-state index in [1.54, 1.807) is 7.11 Å². The zero-order valence-electron chi connectivity index (χ0n) is 11.6. The molecule has 17 heavy (non-hydrogen) atoms. The first-order valence-corrected chi connectivity index (χ1v) is 6.71. The molecule has 1 aliphatic rings. The minimum Gasteiger partial charge on any atom is -0.383 e. The zero-order valence-corrected chi connectivity index (χ0v) is 11.6. The Morgan fingerprint density at radius 2 is 2.12 bits per heavy atom. The molecule has 0 saturated heterocycles. The molecule has 0 bridgehead atoms. The van der Waals surface area contributed by atoms with Crippen molar-refractivity contribution < 1.29 is 9.47 Å². The molecule has 0 aliphatic heterocycles. The highest BCUT2D eigenvalue weighted by Gasteiger charge is 2.21. The van der Waals surface area contributed by atoms with Crippen LogP contribution in [0.1, 0.15) is 19.8 Å². The van der Waals surface area contributed by atoms with Crippen molar-refractivity contribution in [2.75, 3.05) is 53.6 Å². The number of rotatable bonds is 11. The highest BCUT2D eigenvalue weighted by atomic mass is 16.5. The molecule has 1 aliphatic carbocycles. The summed E-state index contributed by atoms with van der Waals surface area (Å²) in [4.78, 5) is 2.34. The Balaban J connectivity index is 1.90. The molecule has 1 rings (SSSR count). The molecule has 1 N–H and O–H groups in total. The molecule has 0 amide bonds. The topological polar surface area (TPSA) is 33.7 Å². The van der Waals surface area contributed by atoms with E-state index in [0.29, 0.717) is 6.04 Å². The van der Waals surface area contributed by atoms with E-state index in [4.69, 9.17) is 9.47 Å². The Hall–Kier alpha value is -0.160. The molecular weight excluding hydrogens is 216 g/mol. The van der Waals surface area contributed by atoms with Gasteiger partial charge in [-0.15, -0.1) is 0 Å². The van der Waals surface area contributed by atoms with E-state index in [0.717, 1.165) is 45.4 Å². The summed E-state index contributed by atoms with van der Waals surface area (Å²) in [5.74, 6) is 0.869.